The number of hydrogen-bond donors (Lipinski definition) is 1. The smallest absolute Gasteiger partial charge is 0.324 e. The lowest BCUT2D eigenvalue weighted by atomic mass is 9.97. The molecular weight excluding hydrogens is 443 g/mol. The Morgan fingerprint density at radius 3 is 2.41 bits per heavy atom. The van der Waals surface area contributed by atoms with Gasteiger partial charge in [0.05, 0.1) is 21.7 Å². The van der Waals surface area contributed by atoms with Gasteiger partial charge in [-0.2, -0.15) is 17.5 Å². The van der Waals surface area contributed by atoms with E-state index in [-0.39, 0.29) is 31.8 Å². The number of pyridine rings is 1. The molecule has 3 aromatic rings. The molecule has 0 radical (unpaired) electrons. The number of rotatable bonds is 4. The second-order valence-corrected chi connectivity index (χ2v) is 9.45. The summed E-state index contributed by atoms with van der Waals surface area (Å²) in [6.45, 7) is -0.0825. The zero-order valence-corrected chi connectivity index (χ0v) is 17.7. The summed E-state index contributed by atoms with van der Waals surface area (Å²) in [5, 5.41) is 3.72. The van der Waals surface area contributed by atoms with E-state index < -0.39 is 32.6 Å². The summed E-state index contributed by atoms with van der Waals surface area (Å²) in [6.07, 6.45) is -2.75. The highest BCUT2D eigenvalue weighted by atomic mass is 32.2. The van der Waals surface area contributed by atoms with Gasteiger partial charge in [0.25, 0.3) is 0 Å². The molecule has 1 N–H and O–H groups in total. The molecule has 1 aliphatic heterocycles. The van der Waals surface area contributed by atoms with E-state index in [0.717, 1.165) is 27.9 Å². The van der Waals surface area contributed by atoms with E-state index in [0.29, 0.717) is 11.2 Å². The van der Waals surface area contributed by atoms with Crippen molar-refractivity contribution in [3.63, 3.8) is 0 Å². The largest absolute Gasteiger partial charge is 0.417 e. The van der Waals surface area contributed by atoms with E-state index in [2.05, 4.69) is 10.3 Å². The molecule has 32 heavy (non-hydrogen) atoms. The van der Waals surface area contributed by atoms with Gasteiger partial charge in [0, 0.05) is 30.6 Å². The minimum atomic E-state index is -4.78. The summed E-state index contributed by atoms with van der Waals surface area (Å²) in [7, 11) is -4.34. The first-order valence-electron chi connectivity index (χ1n) is 9.99. The summed E-state index contributed by atoms with van der Waals surface area (Å²) in [6, 6.07) is 13.2. The molecule has 0 aliphatic carbocycles. The Bertz CT molecular complexity index is 1250. The zero-order chi connectivity index (χ0) is 22.9. The van der Waals surface area contributed by atoms with Crippen molar-refractivity contribution in [2.45, 2.75) is 23.9 Å². The highest BCUT2D eigenvalue weighted by Gasteiger charge is 2.40. The molecule has 0 bridgehead atoms. The molecule has 2 heterocycles. The third-order valence-corrected chi connectivity index (χ3v) is 7.48. The molecule has 10 heteroatoms. The maximum Gasteiger partial charge on any atom is 0.417 e. The third-order valence-electron chi connectivity index (χ3n) is 5.53. The van der Waals surface area contributed by atoms with Gasteiger partial charge >= 0.3 is 6.18 Å². The first-order chi connectivity index (χ1) is 15.2. The van der Waals surface area contributed by atoms with Crippen LogP contribution in [0.2, 0.25) is 0 Å². The van der Waals surface area contributed by atoms with E-state index in [9.17, 15) is 26.4 Å². The van der Waals surface area contributed by atoms with Crippen LogP contribution in [-0.4, -0.2) is 36.7 Å². The number of alkyl halides is 3. The lowest BCUT2D eigenvalue weighted by molar-refractivity contribution is -0.139. The van der Waals surface area contributed by atoms with Crippen LogP contribution >= 0.6 is 0 Å². The van der Waals surface area contributed by atoms with E-state index in [1.54, 1.807) is 24.4 Å². The quantitative estimate of drug-likeness (QED) is 0.626. The summed E-state index contributed by atoms with van der Waals surface area (Å²) in [5.41, 5.74) is 0.0118. The number of sulfonamides is 1. The molecule has 1 amide bonds. The number of nitrogens with zero attached hydrogens (tertiary/aromatic N) is 2. The average molecular weight is 463 g/mol. The van der Waals surface area contributed by atoms with E-state index in [1.807, 2.05) is 12.1 Å². The summed E-state index contributed by atoms with van der Waals surface area (Å²) >= 11 is 0. The number of fused-ring (bicyclic) bond motifs is 1. The molecule has 1 aromatic heterocycles. The van der Waals surface area contributed by atoms with Gasteiger partial charge in [-0.15, -0.1) is 0 Å². The molecule has 1 saturated heterocycles. The van der Waals surface area contributed by atoms with Gasteiger partial charge < -0.3 is 5.32 Å². The minimum absolute atomic E-state index is 0.0413. The van der Waals surface area contributed by atoms with Crippen molar-refractivity contribution in [2.75, 3.05) is 18.4 Å². The van der Waals surface area contributed by atoms with Gasteiger partial charge in [-0.25, -0.2) is 8.42 Å². The number of benzene rings is 2. The Balaban J connectivity index is 1.47. The molecule has 4 rings (SSSR count). The number of amides is 1. The number of piperidine rings is 1. The summed E-state index contributed by atoms with van der Waals surface area (Å²) in [4.78, 5) is 16.3. The van der Waals surface area contributed by atoms with E-state index >= 15 is 0 Å². The molecule has 0 spiro atoms. The first-order valence-corrected chi connectivity index (χ1v) is 11.4. The van der Waals surface area contributed by atoms with Crippen LogP contribution in [0.25, 0.3) is 10.9 Å². The predicted octanol–water partition coefficient (Wildman–Crippen LogP) is 4.29. The predicted molar refractivity (Wildman–Crippen MR) is 113 cm³/mol. The fourth-order valence-corrected chi connectivity index (χ4v) is 5.54. The van der Waals surface area contributed by atoms with Crippen LogP contribution in [0.15, 0.2) is 65.7 Å². The second kappa shape index (κ2) is 8.51. The lowest BCUT2D eigenvalue weighted by Crippen LogP contribution is -2.41. The minimum Gasteiger partial charge on any atom is -0.324 e. The van der Waals surface area contributed by atoms with Crippen LogP contribution < -0.4 is 5.32 Å². The first kappa shape index (κ1) is 22.2. The van der Waals surface area contributed by atoms with Gasteiger partial charge in [-0.3, -0.25) is 9.78 Å². The van der Waals surface area contributed by atoms with Crippen molar-refractivity contribution < 1.29 is 26.4 Å². The Morgan fingerprint density at radius 2 is 1.69 bits per heavy atom. The average Bonchev–Trinajstić information content (AvgIpc) is 2.79. The number of para-hydroxylation sites is 1. The Morgan fingerprint density at radius 1 is 1.00 bits per heavy atom. The van der Waals surface area contributed by atoms with Gasteiger partial charge in [0.15, 0.2) is 0 Å². The molecule has 0 unspecified atom stereocenters. The highest BCUT2D eigenvalue weighted by molar-refractivity contribution is 7.89. The molecule has 0 atom stereocenters. The van der Waals surface area contributed by atoms with Crippen molar-refractivity contribution in [1.82, 2.24) is 9.29 Å². The van der Waals surface area contributed by atoms with Crippen molar-refractivity contribution in [3.05, 3.63) is 66.4 Å². The summed E-state index contributed by atoms with van der Waals surface area (Å²) < 4.78 is 66.7. The monoisotopic (exact) mass is 463 g/mol. The van der Waals surface area contributed by atoms with Crippen LogP contribution in [0, 0.1) is 5.92 Å². The Labute approximate surface area is 183 Å². The SMILES string of the molecule is O=C(Nc1cccc2cccnc12)C1CCN(S(=O)(=O)c2ccccc2C(F)(F)F)CC1. The Hall–Kier alpha value is -2.98. The highest BCUT2D eigenvalue weighted by Crippen LogP contribution is 2.36. The van der Waals surface area contributed by atoms with Crippen LogP contribution in [0.4, 0.5) is 18.9 Å². The Kier molecular flexibility index (Phi) is 5.91. The van der Waals surface area contributed by atoms with Crippen molar-refractivity contribution in [3.8, 4) is 0 Å². The van der Waals surface area contributed by atoms with Gasteiger partial charge in [-0.1, -0.05) is 30.3 Å². The standard InChI is InChI=1S/C22H20F3N3O3S/c23-22(24,25)17-7-1-2-9-19(17)32(30,31)28-13-10-16(11-14-28)21(29)27-18-8-3-5-15-6-4-12-26-20(15)18/h1-9,12,16H,10-11,13-14H2,(H,27,29). The van der Waals surface area contributed by atoms with Crippen LogP contribution in [0.1, 0.15) is 18.4 Å². The third kappa shape index (κ3) is 4.33. The number of carbonyl (C=O) groups excluding carboxylic acids is 1. The maximum atomic E-state index is 13.3. The number of anilines is 1. The van der Waals surface area contributed by atoms with E-state index in [1.165, 1.54) is 6.07 Å². The fourth-order valence-electron chi connectivity index (χ4n) is 3.86. The van der Waals surface area contributed by atoms with Crippen molar-refractivity contribution >= 4 is 32.5 Å². The van der Waals surface area contributed by atoms with Gasteiger partial charge in [0.1, 0.15) is 0 Å². The number of aromatic nitrogens is 1. The number of halogens is 3. The van der Waals surface area contributed by atoms with E-state index in [4.69, 9.17) is 0 Å². The molecule has 168 valence electrons. The molecular formula is C22H20F3N3O3S. The zero-order valence-electron chi connectivity index (χ0n) is 16.8. The topological polar surface area (TPSA) is 79.4 Å². The van der Waals surface area contributed by atoms with Crippen molar-refractivity contribution in [2.24, 2.45) is 5.92 Å². The normalized spacial score (nSPS) is 16.2. The van der Waals surface area contributed by atoms with Crippen LogP contribution in [-0.2, 0) is 21.0 Å². The van der Waals surface area contributed by atoms with Gasteiger partial charge in [0.2, 0.25) is 15.9 Å². The molecule has 1 aliphatic rings. The van der Waals surface area contributed by atoms with Crippen LogP contribution in [0.3, 0.4) is 0 Å². The van der Waals surface area contributed by atoms with Crippen LogP contribution in [0.5, 0.6) is 0 Å². The number of nitrogens with one attached hydrogen (secondary N) is 1. The van der Waals surface area contributed by atoms with Gasteiger partial charge in [-0.05, 0) is 37.1 Å². The van der Waals surface area contributed by atoms with Crippen molar-refractivity contribution in [1.29, 1.82) is 0 Å². The molecule has 1 fully saturated rings. The number of hydrogen-bond acceptors (Lipinski definition) is 4. The second-order valence-electron chi connectivity index (χ2n) is 7.54. The molecule has 6 nitrogen and oxygen atoms in total. The molecule has 0 saturated carbocycles. The number of carbonyl (C=O) groups is 1. The summed E-state index contributed by atoms with van der Waals surface area (Å²) in [5.74, 6) is -0.728. The lowest BCUT2D eigenvalue weighted by Gasteiger charge is -2.31. The fraction of sp³-hybridized carbons (Fsp3) is 0.273. The maximum absolute atomic E-state index is 13.3. The molecule has 2 aromatic carbocycles.